The quantitative estimate of drug-likeness (QED) is 0.697. The van der Waals surface area contributed by atoms with Crippen molar-refractivity contribution in [2.45, 2.75) is 30.7 Å². The third kappa shape index (κ3) is 3.08. The molecule has 0 spiro atoms. The summed E-state index contributed by atoms with van der Waals surface area (Å²) in [4.78, 5) is 14.4. The van der Waals surface area contributed by atoms with Gasteiger partial charge in [-0.05, 0) is 42.2 Å². The highest BCUT2D eigenvalue weighted by molar-refractivity contribution is 7.89. The number of hydrogen-bond acceptors (Lipinski definition) is 7. The first-order valence-electron chi connectivity index (χ1n) is 8.42. The smallest absolute Gasteiger partial charge is 0.246 e. The van der Waals surface area contributed by atoms with Crippen molar-refractivity contribution in [3.05, 3.63) is 30.0 Å². The van der Waals surface area contributed by atoms with Crippen LogP contribution in [0.5, 0.6) is 0 Å². The van der Waals surface area contributed by atoms with Gasteiger partial charge in [0.1, 0.15) is 22.3 Å². The molecule has 1 atom stereocenters. The molecule has 0 saturated carbocycles. The Kier molecular flexibility index (Phi) is 4.19. The Hall–Kier alpha value is -2.79. The van der Waals surface area contributed by atoms with Gasteiger partial charge in [0.15, 0.2) is 5.52 Å². The van der Waals surface area contributed by atoms with E-state index in [-0.39, 0.29) is 16.3 Å². The number of piperidine rings is 1. The minimum Gasteiger partial charge on any atom is -0.296 e. The Bertz CT molecular complexity index is 1120. The van der Waals surface area contributed by atoms with Gasteiger partial charge in [0.2, 0.25) is 15.9 Å². The van der Waals surface area contributed by atoms with Crippen LogP contribution in [0.1, 0.15) is 18.5 Å². The number of nitrogens with zero attached hydrogens (tertiary/aromatic N) is 5. The molecule has 1 aliphatic rings. The first-order valence-corrected chi connectivity index (χ1v) is 9.91. The monoisotopic (exact) mass is 390 g/mol. The number of rotatable bonds is 4. The lowest BCUT2D eigenvalue weighted by molar-refractivity contribution is -0.121. The highest BCUT2D eigenvalue weighted by atomic mass is 32.2. The van der Waals surface area contributed by atoms with Gasteiger partial charge in [0, 0.05) is 19.7 Å². The molecule has 0 unspecified atom stereocenters. The fourth-order valence-electron chi connectivity index (χ4n) is 3.31. The lowest BCUT2D eigenvalue weighted by Gasteiger charge is -2.32. The van der Waals surface area contributed by atoms with E-state index in [0.717, 1.165) is 5.69 Å². The largest absolute Gasteiger partial charge is 0.296 e. The molecule has 1 fully saturated rings. The van der Waals surface area contributed by atoms with Gasteiger partial charge in [-0.2, -0.15) is 9.82 Å². The Morgan fingerprint density at radius 1 is 1.30 bits per heavy atom. The van der Waals surface area contributed by atoms with E-state index in [2.05, 4.69) is 24.8 Å². The molecule has 27 heavy (non-hydrogen) atoms. The van der Waals surface area contributed by atoms with Gasteiger partial charge < -0.3 is 0 Å². The number of carbonyl (C=O) groups is 1. The van der Waals surface area contributed by atoms with E-state index in [1.807, 2.05) is 6.92 Å². The SMILES string of the molecule is Cc1cc(N2CCC[C@@H](NS(=O)(=O)c3cccc4nonc34)C2=O)n(C)n1. The van der Waals surface area contributed by atoms with Crippen LogP contribution in [0, 0.1) is 6.92 Å². The van der Waals surface area contributed by atoms with Crippen LogP contribution in [0.3, 0.4) is 0 Å². The molecule has 1 aliphatic heterocycles. The number of hydrogen-bond donors (Lipinski definition) is 1. The maximum absolute atomic E-state index is 12.9. The molecule has 4 rings (SSSR count). The Balaban J connectivity index is 1.62. The molecule has 11 heteroatoms. The van der Waals surface area contributed by atoms with Gasteiger partial charge in [0.25, 0.3) is 0 Å². The summed E-state index contributed by atoms with van der Waals surface area (Å²) in [6.07, 6.45) is 1.08. The van der Waals surface area contributed by atoms with Gasteiger partial charge >= 0.3 is 0 Å². The molecule has 1 aromatic carbocycles. The number of anilines is 1. The minimum absolute atomic E-state index is 0.0671. The summed E-state index contributed by atoms with van der Waals surface area (Å²) < 4.78 is 34.5. The van der Waals surface area contributed by atoms with Gasteiger partial charge in [-0.25, -0.2) is 13.0 Å². The predicted molar refractivity (Wildman–Crippen MR) is 95.4 cm³/mol. The van der Waals surface area contributed by atoms with Crippen LogP contribution < -0.4 is 9.62 Å². The summed E-state index contributed by atoms with van der Waals surface area (Å²) in [5.74, 6) is 0.336. The van der Waals surface area contributed by atoms with Crippen molar-refractivity contribution in [2.75, 3.05) is 11.4 Å². The van der Waals surface area contributed by atoms with Crippen molar-refractivity contribution in [3.63, 3.8) is 0 Å². The van der Waals surface area contributed by atoms with Crippen LogP contribution in [0.15, 0.2) is 33.8 Å². The third-order valence-electron chi connectivity index (χ3n) is 4.53. The average Bonchev–Trinajstić information content (AvgIpc) is 3.22. The molecular weight excluding hydrogens is 372 g/mol. The van der Waals surface area contributed by atoms with Crippen molar-refractivity contribution in [1.82, 2.24) is 24.8 Å². The van der Waals surface area contributed by atoms with Gasteiger partial charge in [-0.15, -0.1) is 0 Å². The van der Waals surface area contributed by atoms with E-state index in [1.165, 1.54) is 6.07 Å². The van der Waals surface area contributed by atoms with Crippen LogP contribution in [-0.2, 0) is 21.9 Å². The molecule has 2 aromatic heterocycles. The molecule has 0 radical (unpaired) electrons. The van der Waals surface area contributed by atoms with Crippen LogP contribution in [0.2, 0.25) is 0 Å². The van der Waals surface area contributed by atoms with Crippen molar-refractivity contribution in [3.8, 4) is 0 Å². The number of fused-ring (bicyclic) bond motifs is 1. The highest BCUT2D eigenvalue weighted by Gasteiger charge is 2.35. The fourth-order valence-corrected chi connectivity index (χ4v) is 4.68. The molecular formula is C16H18N6O4S. The molecule has 1 amide bonds. The van der Waals surface area contributed by atoms with Crippen molar-refractivity contribution in [1.29, 1.82) is 0 Å². The van der Waals surface area contributed by atoms with E-state index in [4.69, 9.17) is 0 Å². The number of aryl methyl sites for hydroxylation is 2. The Labute approximate surface area is 155 Å². The average molecular weight is 390 g/mol. The normalized spacial score (nSPS) is 18.4. The van der Waals surface area contributed by atoms with Crippen molar-refractivity contribution >= 4 is 32.8 Å². The molecule has 0 aliphatic carbocycles. The van der Waals surface area contributed by atoms with E-state index in [9.17, 15) is 13.2 Å². The summed E-state index contributed by atoms with van der Waals surface area (Å²) in [6.45, 7) is 2.35. The summed E-state index contributed by atoms with van der Waals surface area (Å²) in [5.41, 5.74) is 1.25. The summed E-state index contributed by atoms with van der Waals surface area (Å²) in [7, 11) is -2.23. The van der Waals surface area contributed by atoms with Crippen LogP contribution in [-0.4, -0.2) is 47.0 Å². The van der Waals surface area contributed by atoms with Gasteiger partial charge in [0.05, 0.1) is 5.69 Å². The molecule has 10 nitrogen and oxygen atoms in total. The van der Waals surface area contributed by atoms with Crippen LogP contribution in [0.25, 0.3) is 11.0 Å². The van der Waals surface area contributed by atoms with Gasteiger partial charge in [-0.1, -0.05) is 6.07 Å². The number of nitrogens with one attached hydrogen (secondary N) is 1. The highest BCUT2D eigenvalue weighted by Crippen LogP contribution is 2.24. The first-order chi connectivity index (χ1) is 12.9. The molecule has 142 valence electrons. The third-order valence-corrected chi connectivity index (χ3v) is 6.03. The van der Waals surface area contributed by atoms with Crippen LogP contribution in [0.4, 0.5) is 5.82 Å². The topological polar surface area (TPSA) is 123 Å². The fraction of sp³-hybridized carbons (Fsp3) is 0.375. The molecule has 3 heterocycles. The Morgan fingerprint density at radius 2 is 2.11 bits per heavy atom. The van der Waals surface area contributed by atoms with E-state index >= 15 is 0 Å². The summed E-state index contributed by atoms with van der Waals surface area (Å²) in [5, 5.41) is 11.6. The second-order valence-corrected chi connectivity index (χ2v) is 8.14. The number of aromatic nitrogens is 4. The lowest BCUT2D eigenvalue weighted by atomic mass is 10.1. The van der Waals surface area contributed by atoms with E-state index < -0.39 is 16.1 Å². The van der Waals surface area contributed by atoms with Crippen molar-refractivity contribution < 1.29 is 17.8 Å². The molecule has 1 saturated heterocycles. The van der Waals surface area contributed by atoms with E-state index in [1.54, 1.807) is 34.8 Å². The van der Waals surface area contributed by atoms with E-state index in [0.29, 0.717) is 30.7 Å². The van der Waals surface area contributed by atoms with Crippen LogP contribution >= 0.6 is 0 Å². The lowest BCUT2D eigenvalue weighted by Crippen LogP contribution is -2.52. The summed E-state index contributed by atoms with van der Waals surface area (Å²) in [6, 6.07) is 5.49. The molecule has 0 bridgehead atoms. The molecule has 3 aromatic rings. The number of amides is 1. The zero-order valence-electron chi connectivity index (χ0n) is 14.8. The van der Waals surface area contributed by atoms with Gasteiger partial charge in [-0.3, -0.25) is 14.4 Å². The zero-order valence-corrected chi connectivity index (χ0v) is 15.6. The summed E-state index contributed by atoms with van der Waals surface area (Å²) >= 11 is 0. The number of benzene rings is 1. The predicted octanol–water partition coefficient (Wildman–Crippen LogP) is 0.739. The maximum Gasteiger partial charge on any atom is 0.246 e. The molecule has 1 N–H and O–H groups in total. The maximum atomic E-state index is 12.9. The number of sulfonamides is 1. The zero-order chi connectivity index (χ0) is 19.2. The second-order valence-electron chi connectivity index (χ2n) is 6.46. The minimum atomic E-state index is -3.98. The van der Waals surface area contributed by atoms with Crippen molar-refractivity contribution in [2.24, 2.45) is 7.05 Å². The second kappa shape index (κ2) is 6.43. The standard InChI is InChI=1S/C16H18N6O4S/c1-10-9-14(21(2)17-10)22-8-4-6-12(16(22)23)20-27(24,25)13-7-3-5-11-15(13)19-26-18-11/h3,5,7,9,12,20H,4,6,8H2,1-2H3/t12-/m1/s1. The first kappa shape index (κ1) is 17.6. The number of carbonyl (C=O) groups excluding carboxylic acids is 1. The Morgan fingerprint density at radius 3 is 2.85 bits per heavy atom.